The van der Waals surface area contributed by atoms with Crippen molar-refractivity contribution in [1.29, 1.82) is 0 Å². The highest BCUT2D eigenvalue weighted by Gasteiger charge is 2.28. The molecule has 0 saturated heterocycles. The first kappa shape index (κ1) is 16.7. The molecule has 0 aliphatic carbocycles. The summed E-state index contributed by atoms with van der Waals surface area (Å²) in [5.41, 5.74) is 0. The Morgan fingerprint density at radius 2 is 2.00 bits per heavy atom. The Balaban J connectivity index is 3.96. The fourth-order valence-electron chi connectivity index (χ4n) is 1.16. The van der Waals surface area contributed by atoms with Crippen LogP contribution in [0.5, 0.6) is 0 Å². The van der Waals surface area contributed by atoms with Crippen molar-refractivity contribution in [3.63, 3.8) is 0 Å². The normalized spacial score (nSPS) is 11.6. The highest BCUT2D eigenvalue weighted by molar-refractivity contribution is 9.09. The smallest absolute Gasteiger partial charge is 0.362 e. The van der Waals surface area contributed by atoms with E-state index in [1.54, 1.807) is 0 Å². The van der Waals surface area contributed by atoms with Gasteiger partial charge in [-0.15, -0.1) is 0 Å². The maximum atomic E-state index is 11.8. The van der Waals surface area contributed by atoms with E-state index in [9.17, 15) is 18.0 Å². The summed E-state index contributed by atoms with van der Waals surface area (Å²) in [6.45, 7) is 1.12. The van der Waals surface area contributed by atoms with Crippen LogP contribution < -0.4 is 0 Å². The largest absolute Gasteiger partial charge is 0.411 e. The van der Waals surface area contributed by atoms with Gasteiger partial charge < -0.3 is 9.64 Å². The number of amides is 1. The maximum absolute atomic E-state index is 11.8. The number of rotatable bonds is 8. The molecule has 0 spiro atoms. The van der Waals surface area contributed by atoms with Crippen molar-refractivity contribution in [2.45, 2.75) is 25.9 Å². The fourth-order valence-corrected chi connectivity index (χ4v) is 1.59. The van der Waals surface area contributed by atoms with Crippen molar-refractivity contribution in [2.75, 3.05) is 31.6 Å². The molecule has 0 heterocycles. The molecule has 0 atom stereocenters. The van der Waals surface area contributed by atoms with E-state index in [-0.39, 0.29) is 0 Å². The van der Waals surface area contributed by atoms with Crippen LogP contribution in [0.2, 0.25) is 0 Å². The molecule has 7 heteroatoms. The second-order valence-corrected chi connectivity index (χ2v) is 4.32. The van der Waals surface area contributed by atoms with E-state index in [1.807, 2.05) is 6.92 Å². The molecule has 0 bridgehead atoms. The molecular weight excluding hydrogens is 303 g/mol. The summed E-state index contributed by atoms with van der Waals surface area (Å²) < 4.78 is 39.7. The highest BCUT2D eigenvalue weighted by atomic mass is 79.9. The van der Waals surface area contributed by atoms with Gasteiger partial charge in [0.25, 0.3) is 0 Å². The second-order valence-electron chi connectivity index (χ2n) is 3.53. The van der Waals surface area contributed by atoms with Gasteiger partial charge in [-0.3, -0.25) is 4.79 Å². The Kier molecular flexibility index (Phi) is 8.59. The zero-order chi connectivity index (χ0) is 13.3. The summed E-state index contributed by atoms with van der Waals surface area (Å²) in [5.74, 6) is -0.401. The lowest BCUT2D eigenvalue weighted by Crippen LogP contribution is -2.37. The van der Waals surface area contributed by atoms with Gasteiger partial charge in [0.2, 0.25) is 5.91 Å². The van der Waals surface area contributed by atoms with Crippen molar-refractivity contribution in [1.82, 2.24) is 4.90 Å². The zero-order valence-electron chi connectivity index (χ0n) is 9.73. The standard InChI is InChI=1S/C10H17BrF3NO2/c1-2-3-5-15(6-4-11)9(16)7-17-8-10(12,13)14/h2-8H2,1H3. The van der Waals surface area contributed by atoms with Crippen LogP contribution in [0.15, 0.2) is 0 Å². The van der Waals surface area contributed by atoms with Gasteiger partial charge in [0, 0.05) is 18.4 Å². The van der Waals surface area contributed by atoms with Crippen molar-refractivity contribution < 1.29 is 22.7 Å². The van der Waals surface area contributed by atoms with Crippen LogP contribution in [0, 0.1) is 0 Å². The minimum atomic E-state index is -4.38. The van der Waals surface area contributed by atoms with Crippen LogP contribution in [-0.2, 0) is 9.53 Å². The number of alkyl halides is 4. The number of unbranched alkanes of at least 4 members (excludes halogenated alkanes) is 1. The first-order valence-electron chi connectivity index (χ1n) is 5.39. The molecule has 3 nitrogen and oxygen atoms in total. The molecule has 17 heavy (non-hydrogen) atoms. The third-order valence-corrected chi connectivity index (χ3v) is 2.33. The molecule has 0 aliphatic heterocycles. The van der Waals surface area contributed by atoms with Crippen LogP contribution in [0.25, 0.3) is 0 Å². The Hall–Kier alpha value is -0.300. The van der Waals surface area contributed by atoms with Crippen molar-refractivity contribution in [3.05, 3.63) is 0 Å². The number of hydrogen-bond acceptors (Lipinski definition) is 2. The lowest BCUT2D eigenvalue weighted by Gasteiger charge is -2.21. The van der Waals surface area contributed by atoms with Crippen LogP contribution in [0.4, 0.5) is 13.2 Å². The molecule has 0 aromatic heterocycles. The van der Waals surface area contributed by atoms with Gasteiger partial charge in [-0.2, -0.15) is 13.2 Å². The molecule has 0 aromatic rings. The summed E-state index contributed by atoms with van der Waals surface area (Å²) >= 11 is 3.20. The first-order chi connectivity index (χ1) is 7.90. The van der Waals surface area contributed by atoms with E-state index in [2.05, 4.69) is 20.7 Å². The monoisotopic (exact) mass is 319 g/mol. The van der Waals surface area contributed by atoms with Crippen LogP contribution in [0.1, 0.15) is 19.8 Å². The maximum Gasteiger partial charge on any atom is 0.411 e. The van der Waals surface area contributed by atoms with E-state index in [4.69, 9.17) is 0 Å². The Labute approximate surface area is 107 Å². The van der Waals surface area contributed by atoms with E-state index in [0.29, 0.717) is 18.4 Å². The van der Waals surface area contributed by atoms with Gasteiger partial charge in [-0.1, -0.05) is 29.3 Å². The van der Waals surface area contributed by atoms with Gasteiger partial charge >= 0.3 is 6.18 Å². The molecule has 102 valence electrons. The number of halogens is 4. The number of nitrogens with zero attached hydrogens (tertiary/aromatic N) is 1. The van der Waals surface area contributed by atoms with Crippen LogP contribution >= 0.6 is 15.9 Å². The van der Waals surface area contributed by atoms with Gasteiger partial charge in [0.05, 0.1) is 0 Å². The van der Waals surface area contributed by atoms with E-state index < -0.39 is 25.3 Å². The fraction of sp³-hybridized carbons (Fsp3) is 0.900. The second kappa shape index (κ2) is 8.74. The third kappa shape index (κ3) is 9.41. The quantitative estimate of drug-likeness (QED) is 0.644. The Morgan fingerprint density at radius 1 is 1.35 bits per heavy atom. The van der Waals surface area contributed by atoms with E-state index in [1.165, 1.54) is 4.90 Å². The highest BCUT2D eigenvalue weighted by Crippen LogP contribution is 2.14. The summed E-state index contributed by atoms with van der Waals surface area (Å²) in [6, 6.07) is 0. The lowest BCUT2D eigenvalue weighted by molar-refractivity contribution is -0.177. The summed E-state index contributed by atoms with van der Waals surface area (Å²) in [7, 11) is 0. The average molecular weight is 320 g/mol. The molecule has 0 saturated carbocycles. The molecule has 0 N–H and O–H groups in total. The number of hydrogen-bond donors (Lipinski definition) is 0. The first-order valence-corrected chi connectivity index (χ1v) is 6.51. The predicted octanol–water partition coefficient (Wildman–Crippen LogP) is 2.59. The van der Waals surface area contributed by atoms with Gasteiger partial charge in [0.1, 0.15) is 13.2 Å². The third-order valence-electron chi connectivity index (χ3n) is 1.98. The topological polar surface area (TPSA) is 29.5 Å². The van der Waals surface area contributed by atoms with Gasteiger partial charge in [-0.05, 0) is 6.42 Å². The minimum Gasteiger partial charge on any atom is -0.362 e. The average Bonchev–Trinajstić information content (AvgIpc) is 2.22. The molecule has 0 rings (SSSR count). The Bertz CT molecular complexity index is 224. The lowest BCUT2D eigenvalue weighted by atomic mass is 10.3. The number of ether oxygens (including phenoxy) is 1. The SMILES string of the molecule is CCCCN(CCBr)C(=O)COCC(F)(F)F. The molecule has 0 aliphatic rings. The molecule has 0 fully saturated rings. The molecule has 1 amide bonds. The van der Waals surface area contributed by atoms with E-state index in [0.717, 1.165) is 12.8 Å². The van der Waals surface area contributed by atoms with E-state index >= 15 is 0 Å². The van der Waals surface area contributed by atoms with Crippen molar-refractivity contribution in [3.8, 4) is 0 Å². The summed E-state index contributed by atoms with van der Waals surface area (Å²) in [5, 5.41) is 0.599. The minimum absolute atomic E-state index is 0.401. The summed E-state index contributed by atoms with van der Waals surface area (Å²) in [4.78, 5) is 13.0. The van der Waals surface area contributed by atoms with Gasteiger partial charge in [0.15, 0.2) is 0 Å². The molecule has 0 radical (unpaired) electrons. The summed E-state index contributed by atoms with van der Waals surface area (Å²) in [6.07, 6.45) is -2.63. The molecule has 0 unspecified atom stereocenters. The zero-order valence-corrected chi connectivity index (χ0v) is 11.3. The number of carbonyl (C=O) groups is 1. The van der Waals surface area contributed by atoms with Gasteiger partial charge in [-0.25, -0.2) is 0 Å². The van der Waals surface area contributed by atoms with Crippen molar-refractivity contribution >= 4 is 21.8 Å². The number of carbonyl (C=O) groups excluding carboxylic acids is 1. The van der Waals surface area contributed by atoms with Crippen molar-refractivity contribution in [2.24, 2.45) is 0 Å². The van der Waals surface area contributed by atoms with Crippen LogP contribution in [-0.4, -0.2) is 48.6 Å². The molecular formula is C10H17BrF3NO2. The van der Waals surface area contributed by atoms with Crippen LogP contribution in [0.3, 0.4) is 0 Å². The predicted molar refractivity (Wildman–Crippen MR) is 62.2 cm³/mol. The Morgan fingerprint density at radius 3 is 2.47 bits per heavy atom. The molecule has 0 aromatic carbocycles.